The second kappa shape index (κ2) is 6.86. The van der Waals surface area contributed by atoms with Gasteiger partial charge in [0.05, 0.1) is 0 Å². The van der Waals surface area contributed by atoms with Gasteiger partial charge in [0, 0.05) is 37.6 Å². The first kappa shape index (κ1) is 15.0. The van der Waals surface area contributed by atoms with Crippen LogP contribution in [0.5, 0.6) is 0 Å². The van der Waals surface area contributed by atoms with E-state index in [9.17, 15) is 4.79 Å². The smallest absolute Gasteiger partial charge is 0.222 e. The van der Waals surface area contributed by atoms with Crippen LogP contribution in [0.4, 0.5) is 0 Å². The molecular formula is C16H25N3O. The zero-order valence-electron chi connectivity index (χ0n) is 12.4. The Morgan fingerprint density at radius 1 is 1.30 bits per heavy atom. The highest BCUT2D eigenvalue weighted by Crippen LogP contribution is 2.16. The van der Waals surface area contributed by atoms with Crippen molar-refractivity contribution in [1.82, 2.24) is 10.2 Å². The Bertz CT molecular complexity index is 425. The van der Waals surface area contributed by atoms with E-state index in [0.717, 1.165) is 18.7 Å². The van der Waals surface area contributed by atoms with E-state index in [4.69, 9.17) is 5.73 Å². The molecule has 0 radical (unpaired) electrons. The number of hydrogen-bond donors (Lipinski definition) is 2. The van der Waals surface area contributed by atoms with Crippen LogP contribution in [0.1, 0.15) is 38.3 Å². The normalized spacial score (nSPS) is 24.4. The summed E-state index contributed by atoms with van der Waals surface area (Å²) >= 11 is 0. The minimum absolute atomic E-state index is 0.0575. The third-order valence-corrected chi connectivity index (χ3v) is 3.81. The Kier molecular flexibility index (Phi) is 5.15. The van der Waals surface area contributed by atoms with Gasteiger partial charge in [0.15, 0.2) is 0 Å². The lowest BCUT2D eigenvalue weighted by Gasteiger charge is -2.36. The molecule has 1 saturated heterocycles. The van der Waals surface area contributed by atoms with Crippen LogP contribution in [0.3, 0.4) is 0 Å². The lowest BCUT2D eigenvalue weighted by Crippen LogP contribution is -2.55. The molecule has 1 heterocycles. The Labute approximate surface area is 121 Å². The molecule has 0 bridgehead atoms. The second-order valence-electron chi connectivity index (χ2n) is 5.82. The van der Waals surface area contributed by atoms with Gasteiger partial charge in [-0.15, -0.1) is 0 Å². The molecule has 1 fully saturated rings. The van der Waals surface area contributed by atoms with Crippen molar-refractivity contribution >= 4 is 5.91 Å². The van der Waals surface area contributed by atoms with E-state index in [1.165, 1.54) is 0 Å². The van der Waals surface area contributed by atoms with Gasteiger partial charge in [-0.05, 0) is 25.8 Å². The molecule has 1 amide bonds. The van der Waals surface area contributed by atoms with Crippen molar-refractivity contribution in [2.75, 3.05) is 13.1 Å². The molecule has 0 aromatic heterocycles. The molecule has 4 nitrogen and oxygen atoms in total. The number of nitrogens with zero attached hydrogens (tertiary/aromatic N) is 1. The average molecular weight is 275 g/mol. The molecule has 1 aromatic rings. The standard InChI is InChI=1S/C16H25N3O/c1-12-10-19(11-13(2)18-12)16(20)9-8-15(17)14-6-4-3-5-7-14/h3-7,12-13,15,18H,8-11,17H2,1-2H3/t12-,13+,15-/m1/s1. The van der Waals surface area contributed by atoms with Crippen LogP contribution in [-0.2, 0) is 4.79 Å². The second-order valence-corrected chi connectivity index (χ2v) is 5.82. The lowest BCUT2D eigenvalue weighted by molar-refractivity contribution is -0.133. The first-order valence-corrected chi connectivity index (χ1v) is 7.40. The third kappa shape index (κ3) is 4.05. The molecular weight excluding hydrogens is 250 g/mol. The molecule has 110 valence electrons. The molecule has 20 heavy (non-hydrogen) atoms. The van der Waals surface area contributed by atoms with Crippen molar-refractivity contribution in [2.45, 2.75) is 44.8 Å². The van der Waals surface area contributed by atoms with Gasteiger partial charge in [-0.25, -0.2) is 0 Å². The number of nitrogens with two attached hydrogens (primary N) is 1. The van der Waals surface area contributed by atoms with Crippen LogP contribution < -0.4 is 11.1 Å². The van der Waals surface area contributed by atoms with Gasteiger partial charge in [0.25, 0.3) is 0 Å². The van der Waals surface area contributed by atoms with Gasteiger partial charge >= 0.3 is 0 Å². The summed E-state index contributed by atoms with van der Waals surface area (Å²) in [5.41, 5.74) is 7.24. The van der Waals surface area contributed by atoms with E-state index < -0.39 is 0 Å². The molecule has 1 aliphatic rings. The SMILES string of the molecule is C[C@@H]1CN(C(=O)CC[C@@H](N)c2ccccc2)C[C@H](C)N1. The molecule has 4 heteroatoms. The third-order valence-electron chi connectivity index (χ3n) is 3.81. The number of nitrogens with one attached hydrogen (secondary N) is 1. The minimum atomic E-state index is -0.0575. The van der Waals surface area contributed by atoms with E-state index >= 15 is 0 Å². The number of hydrogen-bond acceptors (Lipinski definition) is 3. The molecule has 0 saturated carbocycles. The zero-order valence-corrected chi connectivity index (χ0v) is 12.4. The Morgan fingerprint density at radius 2 is 1.90 bits per heavy atom. The summed E-state index contributed by atoms with van der Waals surface area (Å²) in [6.07, 6.45) is 1.23. The van der Waals surface area contributed by atoms with Crippen molar-refractivity contribution in [3.8, 4) is 0 Å². The molecule has 2 rings (SSSR count). The number of carbonyl (C=O) groups excluding carboxylic acids is 1. The van der Waals surface area contributed by atoms with E-state index in [1.54, 1.807) is 0 Å². The number of piperazine rings is 1. The van der Waals surface area contributed by atoms with Crippen molar-refractivity contribution < 1.29 is 4.79 Å². The maximum absolute atomic E-state index is 12.3. The van der Waals surface area contributed by atoms with Crippen molar-refractivity contribution in [1.29, 1.82) is 0 Å². The van der Waals surface area contributed by atoms with E-state index in [2.05, 4.69) is 19.2 Å². The Morgan fingerprint density at radius 3 is 2.50 bits per heavy atom. The van der Waals surface area contributed by atoms with Crippen molar-refractivity contribution in [2.24, 2.45) is 5.73 Å². The number of benzene rings is 1. The van der Waals surface area contributed by atoms with Crippen LogP contribution in [-0.4, -0.2) is 36.0 Å². The van der Waals surface area contributed by atoms with Crippen LogP contribution in [0.2, 0.25) is 0 Å². The molecule has 3 N–H and O–H groups in total. The largest absolute Gasteiger partial charge is 0.340 e. The summed E-state index contributed by atoms with van der Waals surface area (Å²) in [6, 6.07) is 10.7. The summed E-state index contributed by atoms with van der Waals surface area (Å²) < 4.78 is 0. The Balaban J connectivity index is 1.83. The molecule has 0 unspecified atom stereocenters. The van der Waals surface area contributed by atoms with Crippen LogP contribution in [0, 0.1) is 0 Å². The van der Waals surface area contributed by atoms with E-state index in [1.807, 2.05) is 35.2 Å². The fourth-order valence-corrected chi connectivity index (χ4v) is 2.83. The summed E-state index contributed by atoms with van der Waals surface area (Å²) in [5, 5.41) is 3.44. The minimum Gasteiger partial charge on any atom is -0.340 e. The number of carbonyl (C=O) groups is 1. The molecule has 1 aliphatic heterocycles. The molecule has 0 spiro atoms. The van der Waals surface area contributed by atoms with Crippen LogP contribution in [0.15, 0.2) is 30.3 Å². The summed E-state index contributed by atoms with van der Waals surface area (Å²) in [6.45, 7) is 5.82. The first-order chi connectivity index (χ1) is 9.56. The predicted octanol–water partition coefficient (Wildman–Crippen LogP) is 1.68. The topological polar surface area (TPSA) is 58.4 Å². The maximum atomic E-state index is 12.3. The van der Waals surface area contributed by atoms with Crippen LogP contribution >= 0.6 is 0 Å². The summed E-state index contributed by atoms with van der Waals surface area (Å²) in [7, 11) is 0. The highest BCUT2D eigenvalue weighted by Gasteiger charge is 2.24. The lowest BCUT2D eigenvalue weighted by atomic mass is 10.0. The van der Waals surface area contributed by atoms with Gasteiger partial charge < -0.3 is 16.0 Å². The monoisotopic (exact) mass is 275 g/mol. The zero-order chi connectivity index (χ0) is 14.5. The molecule has 1 aromatic carbocycles. The Hall–Kier alpha value is -1.39. The molecule has 0 aliphatic carbocycles. The highest BCUT2D eigenvalue weighted by atomic mass is 16.2. The fourth-order valence-electron chi connectivity index (χ4n) is 2.83. The summed E-state index contributed by atoms with van der Waals surface area (Å²) in [5.74, 6) is 0.219. The van der Waals surface area contributed by atoms with Gasteiger partial charge in [0.2, 0.25) is 5.91 Å². The van der Waals surface area contributed by atoms with Crippen molar-refractivity contribution in [3.05, 3.63) is 35.9 Å². The van der Waals surface area contributed by atoms with E-state index in [-0.39, 0.29) is 11.9 Å². The fraction of sp³-hybridized carbons (Fsp3) is 0.562. The quantitative estimate of drug-likeness (QED) is 0.879. The van der Waals surface area contributed by atoms with Crippen LogP contribution in [0.25, 0.3) is 0 Å². The van der Waals surface area contributed by atoms with Gasteiger partial charge in [-0.1, -0.05) is 30.3 Å². The van der Waals surface area contributed by atoms with Crippen molar-refractivity contribution in [3.63, 3.8) is 0 Å². The predicted molar refractivity (Wildman–Crippen MR) is 81.2 cm³/mol. The first-order valence-electron chi connectivity index (χ1n) is 7.40. The average Bonchev–Trinajstić information content (AvgIpc) is 2.44. The maximum Gasteiger partial charge on any atom is 0.222 e. The highest BCUT2D eigenvalue weighted by molar-refractivity contribution is 5.76. The van der Waals surface area contributed by atoms with Gasteiger partial charge in [-0.3, -0.25) is 4.79 Å². The summed E-state index contributed by atoms with van der Waals surface area (Å²) in [4.78, 5) is 14.2. The molecule has 3 atom stereocenters. The van der Waals surface area contributed by atoms with E-state index in [0.29, 0.717) is 24.9 Å². The number of rotatable bonds is 4. The van der Waals surface area contributed by atoms with Gasteiger partial charge in [-0.2, -0.15) is 0 Å². The number of amides is 1. The van der Waals surface area contributed by atoms with Gasteiger partial charge in [0.1, 0.15) is 0 Å².